The molecule has 0 N–H and O–H groups in total. The lowest BCUT2D eigenvalue weighted by atomic mass is 10.1. The fourth-order valence-corrected chi connectivity index (χ4v) is 1.42. The summed E-state index contributed by atoms with van der Waals surface area (Å²) in [5, 5.41) is 0. The van der Waals surface area contributed by atoms with Gasteiger partial charge in [-0.15, -0.1) is 0 Å². The normalized spacial score (nSPS) is 32.0. The number of hydrogen-bond acceptors (Lipinski definition) is 1. The predicted octanol–water partition coefficient (Wildman–Crippen LogP) is 1.88. The van der Waals surface area contributed by atoms with E-state index in [1.54, 1.807) is 0 Å². The monoisotopic (exact) mass is 127 g/mol. The first-order valence-corrected chi connectivity index (χ1v) is 4.01. The molecule has 1 aliphatic heterocycles. The van der Waals surface area contributed by atoms with Crippen LogP contribution in [0.15, 0.2) is 0 Å². The molecule has 0 amide bonds. The highest BCUT2D eigenvalue weighted by atomic mass is 15.1. The molecular weight excluding hydrogens is 110 g/mol. The van der Waals surface area contributed by atoms with E-state index in [9.17, 15) is 0 Å². The molecule has 1 nitrogen and oxygen atoms in total. The average Bonchev–Trinajstić information content (AvgIpc) is 1.99. The third kappa shape index (κ3) is 1.98. The lowest BCUT2D eigenvalue weighted by Gasteiger charge is -2.20. The highest BCUT2D eigenvalue weighted by molar-refractivity contribution is 4.67. The number of nitrogens with zero attached hydrogens (tertiary/aromatic N) is 1. The minimum absolute atomic E-state index is 0.826. The Labute approximate surface area is 58.0 Å². The van der Waals surface area contributed by atoms with Crippen LogP contribution in [0.3, 0.4) is 0 Å². The Hall–Kier alpha value is -0.0400. The topological polar surface area (TPSA) is 3.24 Å². The van der Waals surface area contributed by atoms with E-state index in [0.717, 1.165) is 6.04 Å². The summed E-state index contributed by atoms with van der Waals surface area (Å²) >= 11 is 0. The van der Waals surface area contributed by atoms with Crippen molar-refractivity contribution in [3.8, 4) is 0 Å². The SMILES string of the molecule is CC1CCCCCN1C. The minimum Gasteiger partial charge on any atom is -0.304 e. The van der Waals surface area contributed by atoms with Gasteiger partial charge in [0.25, 0.3) is 0 Å². The summed E-state index contributed by atoms with van der Waals surface area (Å²) in [6.45, 7) is 3.63. The second kappa shape index (κ2) is 3.21. The molecule has 0 bridgehead atoms. The number of rotatable bonds is 0. The quantitative estimate of drug-likeness (QED) is 0.480. The molecule has 1 fully saturated rings. The second-order valence-corrected chi connectivity index (χ2v) is 3.18. The van der Waals surface area contributed by atoms with Crippen molar-refractivity contribution in [3.05, 3.63) is 0 Å². The molecule has 1 unspecified atom stereocenters. The number of likely N-dealkylation sites (tertiary alicyclic amines) is 1. The molecule has 0 aromatic carbocycles. The van der Waals surface area contributed by atoms with Gasteiger partial charge in [0.15, 0.2) is 0 Å². The Bertz CT molecular complexity index is 70.6. The second-order valence-electron chi connectivity index (χ2n) is 3.18. The van der Waals surface area contributed by atoms with Gasteiger partial charge >= 0.3 is 0 Å². The van der Waals surface area contributed by atoms with Gasteiger partial charge in [-0.3, -0.25) is 0 Å². The summed E-state index contributed by atoms with van der Waals surface area (Å²) in [7, 11) is 2.23. The lowest BCUT2D eigenvalue weighted by Crippen LogP contribution is -2.27. The van der Waals surface area contributed by atoms with E-state index in [-0.39, 0.29) is 0 Å². The summed E-state index contributed by atoms with van der Waals surface area (Å²) in [6.07, 6.45) is 5.68. The molecule has 1 saturated heterocycles. The molecule has 1 atom stereocenters. The van der Waals surface area contributed by atoms with Crippen LogP contribution in [0.5, 0.6) is 0 Å². The molecule has 0 aromatic rings. The zero-order valence-electron chi connectivity index (χ0n) is 6.56. The average molecular weight is 127 g/mol. The Morgan fingerprint density at radius 3 is 2.78 bits per heavy atom. The molecule has 0 aromatic heterocycles. The molecule has 54 valence electrons. The van der Waals surface area contributed by atoms with Crippen molar-refractivity contribution in [2.24, 2.45) is 0 Å². The zero-order chi connectivity index (χ0) is 6.69. The molecule has 1 rings (SSSR count). The van der Waals surface area contributed by atoms with Crippen molar-refractivity contribution < 1.29 is 0 Å². The summed E-state index contributed by atoms with van der Waals surface area (Å²) < 4.78 is 0. The van der Waals surface area contributed by atoms with E-state index < -0.39 is 0 Å². The van der Waals surface area contributed by atoms with Crippen molar-refractivity contribution in [2.45, 2.75) is 38.6 Å². The molecule has 0 aliphatic carbocycles. The van der Waals surface area contributed by atoms with Gasteiger partial charge in [0, 0.05) is 6.04 Å². The largest absolute Gasteiger partial charge is 0.304 e. The van der Waals surface area contributed by atoms with Gasteiger partial charge in [-0.05, 0) is 33.4 Å². The van der Waals surface area contributed by atoms with Crippen LogP contribution in [0.25, 0.3) is 0 Å². The van der Waals surface area contributed by atoms with Gasteiger partial charge in [0.05, 0.1) is 0 Å². The number of hydrogen-bond donors (Lipinski definition) is 0. The van der Waals surface area contributed by atoms with E-state index >= 15 is 0 Å². The Kier molecular flexibility index (Phi) is 2.52. The van der Waals surface area contributed by atoms with Crippen LogP contribution in [-0.2, 0) is 0 Å². The third-order valence-electron chi connectivity index (χ3n) is 2.39. The standard InChI is InChI=1S/C8H17N/c1-8-6-4-3-5-7-9(8)2/h8H,3-7H2,1-2H3. The zero-order valence-corrected chi connectivity index (χ0v) is 6.56. The maximum absolute atomic E-state index is 2.47. The molecule has 0 saturated carbocycles. The van der Waals surface area contributed by atoms with Gasteiger partial charge in [0.1, 0.15) is 0 Å². The first-order valence-electron chi connectivity index (χ1n) is 4.01. The lowest BCUT2D eigenvalue weighted by molar-refractivity contribution is 0.264. The van der Waals surface area contributed by atoms with E-state index in [2.05, 4.69) is 18.9 Å². The molecular formula is C8H17N. The van der Waals surface area contributed by atoms with Crippen molar-refractivity contribution in [2.75, 3.05) is 13.6 Å². The Balaban J connectivity index is 2.32. The van der Waals surface area contributed by atoms with Crippen LogP contribution in [0.4, 0.5) is 0 Å². The summed E-state index contributed by atoms with van der Waals surface area (Å²) in [5.41, 5.74) is 0. The molecule has 1 heteroatoms. The molecule has 1 aliphatic rings. The van der Waals surface area contributed by atoms with Gasteiger partial charge in [-0.25, -0.2) is 0 Å². The van der Waals surface area contributed by atoms with E-state index in [1.165, 1.54) is 32.2 Å². The van der Waals surface area contributed by atoms with Crippen LogP contribution in [0.1, 0.15) is 32.6 Å². The van der Waals surface area contributed by atoms with Gasteiger partial charge in [-0.2, -0.15) is 0 Å². The van der Waals surface area contributed by atoms with Crippen LogP contribution in [-0.4, -0.2) is 24.5 Å². The Morgan fingerprint density at radius 1 is 1.22 bits per heavy atom. The fourth-order valence-electron chi connectivity index (χ4n) is 1.42. The molecule has 1 heterocycles. The van der Waals surface area contributed by atoms with Crippen LogP contribution >= 0.6 is 0 Å². The third-order valence-corrected chi connectivity index (χ3v) is 2.39. The van der Waals surface area contributed by atoms with Gasteiger partial charge < -0.3 is 4.90 Å². The van der Waals surface area contributed by atoms with Crippen LogP contribution in [0, 0.1) is 0 Å². The summed E-state index contributed by atoms with van der Waals surface area (Å²) in [6, 6.07) is 0.826. The maximum atomic E-state index is 2.47. The maximum Gasteiger partial charge on any atom is 0.00638 e. The van der Waals surface area contributed by atoms with Crippen molar-refractivity contribution >= 4 is 0 Å². The molecule has 9 heavy (non-hydrogen) atoms. The van der Waals surface area contributed by atoms with Gasteiger partial charge in [0.2, 0.25) is 0 Å². The Morgan fingerprint density at radius 2 is 2.00 bits per heavy atom. The first-order chi connectivity index (χ1) is 4.30. The molecule has 0 spiro atoms. The van der Waals surface area contributed by atoms with Crippen molar-refractivity contribution in [1.29, 1.82) is 0 Å². The predicted molar refractivity (Wildman–Crippen MR) is 40.6 cm³/mol. The van der Waals surface area contributed by atoms with Crippen LogP contribution in [0.2, 0.25) is 0 Å². The van der Waals surface area contributed by atoms with Crippen molar-refractivity contribution in [1.82, 2.24) is 4.90 Å². The van der Waals surface area contributed by atoms with Gasteiger partial charge in [-0.1, -0.05) is 12.8 Å². The molecule has 0 radical (unpaired) electrons. The first kappa shape index (κ1) is 7.07. The van der Waals surface area contributed by atoms with Crippen LogP contribution < -0.4 is 0 Å². The summed E-state index contributed by atoms with van der Waals surface area (Å²) in [5.74, 6) is 0. The minimum atomic E-state index is 0.826. The smallest absolute Gasteiger partial charge is 0.00638 e. The van der Waals surface area contributed by atoms with E-state index in [4.69, 9.17) is 0 Å². The van der Waals surface area contributed by atoms with E-state index in [0.29, 0.717) is 0 Å². The van der Waals surface area contributed by atoms with Crippen molar-refractivity contribution in [3.63, 3.8) is 0 Å². The summed E-state index contributed by atoms with van der Waals surface area (Å²) in [4.78, 5) is 2.47. The highest BCUT2D eigenvalue weighted by Crippen LogP contribution is 2.13. The highest BCUT2D eigenvalue weighted by Gasteiger charge is 2.11. The van der Waals surface area contributed by atoms with E-state index in [1.807, 2.05) is 0 Å². The fraction of sp³-hybridized carbons (Fsp3) is 1.00.